The van der Waals surface area contributed by atoms with Gasteiger partial charge >= 0.3 is 0 Å². The van der Waals surface area contributed by atoms with Crippen molar-refractivity contribution in [3.05, 3.63) is 84.2 Å². The van der Waals surface area contributed by atoms with Crippen LogP contribution in [0.2, 0.25) is 0 Å². The van der Waals surface area contributed by atoms with E-state index in [2.05, 4.69) is 6.58 Å². The molecule has 0 aliphatic carbocycles. The molecule has 0 aliphatic heterocycles. The summed E-state index contributed by atoms with van der Waals surface area (Å²) < 4.78 is 18.8. The summed E-state index contributed by atoms with van der Waals surface area (Å²) in [7, 11) is 0. The summed E-state index contributed by atoms with van der Waals surface area (Å²) in [6.07, 6.45) is 2.44. The lowest BCUT2D eigenvalue weighted by molar-refractivity contribution is 0.0417. The van der Waals surface area contributed by atoms with Crippen LogP contribution in [0.4, 0.5) is 4.39 Å². The van der Waals surface area contributed by atoms with Gasteiger partial charge in [-0.15, -0.1) is 6.58 Å². The molecule has 98 valence electrons. The number of hydrogen-bond donors (Lipinski definition) is 0. The Morgan fingerprint density at radius 1 is 1.05 bits per heavy atom. The number of ether oxygens (including phenoxy) is 1. The highest BCUT2D eigenvalue weighted by molar-refractivity contribution is 5.20. The van der Waals surface area contributed by atoms with E-state index in [1.165, 1.54) is 12.1 Å². The van der Waals surface area contributed by atoms with Crippen molar-refractivity contribution in [1.82, 2.24) is 0 Å². The van der Waals surface area contributed by atoms with Crippen LogP contribution in [-0.4, -0.2) is 0 Å². The van der Waals surface area contributed by atoms with Crippen molar-refractivity contribution in [3.8, 4) is 0 Å². The Hall–Kier alpha value is -1.93. The van der Waals surface area contributed by atoms with Crippen LogP contribution in [0.15, 0.2) is 67.3 Å². The van der Waals surface area contributed by atoms with E-state index in [0.29, 0.717) is 13.0 Å². The van der Waals surface area contributed by atoms with Crippen molar-refractivity contribution in [2.24, 2.45) is 0 Å². The Morgan fingerprint density at radius 2 is 1.74 bits per heavy atom. The summed E-state index contributed by atoms with van der Waals surface area (Å²) in [6, 6.07) is 16.4. The van der Waals surface area contributed by atoms with Crippen LogP contribution in [-0.2, 0) is 11.3 Å². The third kappa shape index (κ3) is 4.04. The molecule has 19 heavy (non-hydrogen) atoms. The molecule has 2 rings (SSSR count). The third-order valence-corrected chi connectivity index (χ3v) is 2.92. The Labute approximate surface area is 113 Å². The summed E-state index contributed by atoms with van der Waals surface area (Å²) in [5.41, 5.74) is 2.09. The number of rotatable bonds is 6. The Kier molecular flexibility index (Phi) is 4.87. The topological polar surface area (TPSA) is 9.23 Å². The molecular formula is C17H17FO. The average Bonchev–Trinajstić information content (AvgIpc) is 2.46. The van der Waals surface area contributed by atoms with E-state index >= 15 is 0 Å². The van der Waals surface area contributed by atoms with Gasteiger partial charge in [0.2, 0.25) is 0 Å². The van der Waals surface area contributed by atoms with Gasteiger partial charge in [-0.2, -0.15) is 0 Å². The summed E-state index contributed by atoms with van der Waals surface area (Å²) in [5.74, 6) is -0.232. The van der Waals surface area contributed by atoms with Gasteiger partial charge < -0.3 is 4.74 Å². The molecule has 1 atom stereocenters. The molecule has 0 aliphatic rings. The predicted octanol–water partition coefficient (Wildman–Crippen LogP) is 4.66. The molecule has 2 heteroatoms. The van der Waals surface area contributed by atoms with Gasteiger partial charge in [0.1, 0.15) is 5.82 Å². The van der Waals surface area contributed by atoms with Crippen LogP contribution in [0.1, 0.15) is 23.7 Å². The van der Waals surface area contributed by atoms with Gasteiger partial charge in [0.05, 0.1) is 12.7 Å². The zero-order valence-electron chi connectivity index (χ0n) is 10.8. The molecule has 0 aromatic heterocycles. The van der Waals surface area contributed by atoms with Crippen LogP contribution in [0.5, 0.6) is 0 Å². The molecule has 0 radical (unpaired) electrons. The van der Waals surface area contributed by atoms with E-state index in [1.807, 2.05) is 36.4 Å². The lowest BCUT2D eigenvalue weighted by Gasteiger charge is -2.17. The largest absolute Gasteiger partial charge is 0.369 e. The Morgan fingerprint density at radius 3 is 2.37 bits per heavy atom. The van der Waals surface area contributed by atoms with Gasteiger partial charge in [-0.05, 0) is 29.7 Å². The minimum Gasteiger partial charge on any atom is -0.369 e. The minimum absolute atomic E-state index is 0.0849. The Balaban J connectivity index is 2.04. The van der Waals surface area contributed by atoms with Gasteiger partial charge in [0.15, 0.2) is 0 Å². The summed E-state index contributed by atoms with van der Waals surface area (Å²) in [6.45, 7) is 4.28. The summed E-state index contributed by atoms with van der Waals surface area (Å²) in [4.78, 5) is 0. The van der Waals surface area contributed by atoms with E-state index in [4.69, 9.17) is 4.74 Å². The maximum atomic E-state index is 12.9. The molecule has 0 amide bonds. The standard InChI is InChI=1S/C17H17FO/c1-2-6-17(15-9-11-16(18)12-10-15)19-13-14-7-4-3-5-8-14/h2-5,7-12,17H,1,6,13H2. The predicted molar refractivity (Wildman–Crippen MR) is 75.2 cm³/mol. The highest BCUT2D eigenvalue weighted by Gasteiger charge is 2.10. The molecule has 1 nitrogen and oxygen atoms in total. The second-order valence-electron chi connectivity index (χ2n) is 4.36. The van der Waals surface area contributed by atoms with Crippen LogP contribution in [0.25, 0.3) is 0 Å². The summed E-state index contributed by atoms with van der Waals surface area (Å²) in [5, 5.41) is 0. The fourth-order valence-electron chi connectivity index (χ4n) is 1.90. The van der Waals surface area contributed by atoms with Gasteiger partial charge in [0.25, 0.3) is 0 Å². The third-order valence-electron chi connectivity index (χ3n) is 2.92. The first-order valence-corrected chi connectivity index (χ1v) is 6.31. The highest BCUT2D eigenvalue weighted by atomic mass is 19.1. The molecule has 2 aromatic carbocycles. The minimum atomic E-state index is -0.232. The number of hydrogen-bond acceptors (Lipinski definition) is 1. The molecule has 0 spiro atoms. The molecule has 1 unspecified atom stereocenters. The highest BCUT2D eigenvalue weighted by Crippen LogP contribution is 2.23. The van der Waals surface area contributed by atoms with Gasteiger partial charge in [-0.25, -0.2) is 4.39 Å². The fraction of sp³-hybridized carbons (Fsp3) is 0.176. The van der Waals surface area contributed by atoms with Crippen molar-refractivity contribution in [1.29, 1.82) is 0 Å². The molecule has 0 saturated carbocycles. The van der Waals surface area contributed by atoms with Gasteiger partial charge in [-0.1, -0.05) is 48.5 Å². The monoisotopic (exact) mass is 256 g/mol. The van der Waals surface area contributed by atoms with Crippen LogP contribution >= 0.6 is 0 Å². The molecular weight excluding hydrogens is 239 g/mol. The summed E-state index contributed by atoms with van der Waals surface area (Å²) >= 11 is 0. The lowest BCUT2D eigenvalue weighted by atomic mass is 10.1. The maximum Gasteiger partial charge on any atom is 0.123 e. The fourth-order valence-corrected chi connectivity index (χ4v) is 1.90. The Bertz CT molecular complexity index is 505. The van der Waals surface area contributed by atoms with E-state index in [0.717, 1.165) is 11.1 Å². The number of benzene rings is 2. The second-order valence-corrected chi connectivity index (χ2v) is 4.36. The van der Waals surface area contributed by atoms with E-state index in [-0.39, 0.29) is 11.9 Å². The van der Waals surface area contributed by atoms with E-state index < -0.39 is 0 Å². The number of halogens is 1. The normalized spacial score (nSPS) is 12.1. The quantitative estimate of drug-likeness (QED) is 0.683. The maximum absolute atomic E-state index is 12.9. The SMILES string of the molecule is C=CCC(OCc1ccccc1)c1ccc(F)cc1. The van der Waals surface area contributed by atoms with Crippen molar-refractivity contribution in [2.45, 2.75) is 19.1 Å². The molecule has 0 fully saturated rings. The molecule has 0 N–H and O–H groups in total. The van der Waals surface area contributed by atoms with Gasteiger partial charge in [-0.3, -0.25) is 0 Å². The van der Waals surface area contributed by atoms with Crippen molar-refractivity contribution >= 4 is 0 Å². The van der Waals surface area contributed by atoms with Crippen molar-refractivity contribution in [3.63, 3.8) is 0 Å². The van der Waals surface area contributed by atoms with Gasteiger partial charge in [0, 0.05) is 0 Å². The van der Waals surface area contributed by atoms with Crippen molar-refractivity contribution in [2.75, 3.05) is 0 Å². The first kappa shape index (κ1) is 13.5. The van der Waals surface area contributed by atoms with E-state index in [9.17, 15) is 4.39 Å². The van der Waals surface area contributed by atoms with Crippen molar-refractivity contribution < 1.29 is 9.13 Å². The zero-order valence-corrected chi connectivity index (χ0v) is 10.8. The molecule has 2 aromatic rings. The second kappa shape index (κ2) is 6.86. The van der Waals surface area contributed by atoms with Crippen LogP contribution < -0.4 is 0 Å². The van der Waals surface area contributed by atoms with E-state index in [1.54, 1.807) is 12.1 Å². The smallest absolute Gasteiger partial charge is 0.123 e. The zero-order chi connectivity index (χ0) is 13.5. The molecule has 0 bridgehead atoms. The van der Waals surface area contributed by atoms with Crippen LogP contribution in [0.3, 0.4) is 0 Å². The van der Waals surface area contributed by atoms with Crippen LogP contribution in [0, 0.1) is 5.82 Å². The molecule has 0 saturated heterocycles. The molecule has 0 heterocycles. The first-order valence-electron chi connectivity index (χ1n) is 6.31. The first-order chi connectivity index (χ1) is 9.29. The lowest BCUT2D eigenvalue weighted by Crippen LogP contribution is -2.04. The average molecular weight is 256 g/mol.